The minimum Gasteiger partial charge on any atom is -0.497 e. The van der Waals surface area contributed by atoms with Crippen molar-refractivity contribution in [2.45, 2.75) is 31.5 Å². The van der Waals surface area contributed by atoms with E-state index in [0.29, 0.717) is 35.1 Å². The monoisotopic (exact) mass is 476 g/mol. The second-order valence-electron chi connectivity index (χ2n) is 8.52. The van der Waals surface area contributed by atoms with Crippen LogP contribution in [0, 0.1) is 0 Å². The van der Waals surface area contributed by atoms with Gasteiger partial charge in [0.25, 0.3) is 11.8 Å². The summed E-state index contributed by atoms with van der Waals surface area (Å²) in [5, 5.41) is 5.05. The lowest BCUT2D eigenvalue weighted by atomic mass is 9.89. The fourth-order valence-electron chi connectivity index (χ4n) is 4.62. The van der Waals surface area contributed by atoms with Gasteiger partial charge in [0.15, 0.2) is 5.54 Å². The molecule has 1 saturated heterocycles. The van der Waals surface area contributed by atoms with Crippen LogP contribution in [0.5, 0.6) is 5.75 Å². The number of rotatable bonds is 6. The van der Waals surface area contributed by atoms with Gasteiger partial charge in [0.1, 0.15) is 29.8 Å². The lowest BCUT2D eigenvalue weighted by molar-refractivity contribution is -0.129. The van der Waals surface area contributed by atoms with Crippen LogP contribution in [0.2, 0.25) is 0 Å². The highest BCUT2D eigenvalue weighted by atomic mass is 16.5. The number of carbonyl (C=O) groups excluding carboxylic acids is 3. The highest BCUT2D eigenvalue weighted by Gasteiger charge is 2.57. The molecule has 0 spiro atoms. The van der Waals surface area contributed by atoms with Crippen LogP contribution in [-0.4, -0.2) is 63.4 Å². The summed E-state index contributed by atoms with van der Waals surface area (Å²) in [5.74, 6) is 0.822. The van der Waals surface area contributed by atoms with Gasteiger partial charge >= 0.3 is 6.03 Å². The van der Waals surface area contributed by atoms with Gasteiger partial charge in [-0.15, -0.1) is 0 Å². The summed E-state index contributed by atoms with van der Waals surface area (Å²) < 4.78 is 13.0. The molecular weight excluding hydrogens is 452 g/mol. The number of hydrogen-bond donors (Lipinski definition) is 2. The van der Waals surface area contributed by atoms with Gasteiger partial charge in [-0.05, 0) is 30.7 Å². The number of ether oxygens (including phenoxy) is 2. The summed E-state index contributed by atoms with van der Waals surface area (Å²) in [6.07, 6.45) is 6.02. The molecule has 1 fully saturated rings. The minimum atomic E-state index is -1.49. The van der Waals surface area contributed by atoms with Gasteiger partial charge in [0.2, 0.25) is 0 Å². The highest BCUT2D eigenvalue weighted by Crippen LogP contribution is 2.36. The van der Waals surface area contributed by atoms with Crippen molar-refractivity contribution in [1.29, 1.82) is 0 Å². The van der Waals surface area contributed by atoms with Crippen LogP contribution in [0.15, 0.2) is 66.0 Å². The zero-order valence-electron chi connectivity index (χ0n) is 19.3. The van der Waals surface area contributed by atoms with E-state index in [1.807, 2.05) is 6.07 Å². The molecule has 1 aromatic carbocycles. The molecule has 0 aliphatic carbocycles. The largest absolute Gasteiger partial charge is 0.497 e. The van der Waals surface area contributed by atoms with Crippen molar-refractivity contribution < 1.29 is 23.9 Å². The molecule has 4 amide bonds. The summed E-state index contributed by atoms with van der Waals surface area (Å²) >= 11 is 0. The summed E-state index contributed by atoms with van der Waals surface area (Å²) in [4.78, 5) is 48.8. The fraction of sp³-hybridized carbons (Fsp3) is 0.292. The molecule has 0 bridgehead atoms. The Bertz CT molecular complexity index is 1300. The molecule has 3 aliphatic rings. The maximum atomic E-state index is 13.2. The molecule has 2 unspecified atom stereocenters. The second-order valence-corrected chi connectivity index (χ2v) is 8.52. The first-order chi connectivity index (χ1) is 16.8. The molecule has 5 rings (SSSR count). The number of imidazole rings is 1. The number of carbonyl (C=O) groups is 3. The normalized spacial score (nSPS) is 23.8. The third-order valence-corrected chi connectivity index (χ3v) is 6.46. The van der Waals surface area contributed by atoms with E-state index in [2.05, 4.69) is 27.2 Å². The van der Waals surface area contributed by atoms with E-state index in [1.54, 1.807) is 48.4 Å². The van der Waals surface area contributed by atoms with Crippen LogP contribution >= 0.6 is 0 Å². The van der Waals surface area contributed by atoms with E-state index in [1.165, 1.54) is 12.0 Å². The molecule has 2 aromatic rings. The van der Waals surface area contributed by atoms with E-state index < -0.39 is 23.6 Å². The van der Waals surface area contributed by atoms with E-state index in [4.69, 9.17) is 9.47 Å². The first kappa shape index (κ1) is 22.4. The smallest absolute Gasteiger partial charge is 0.322 e. The molecule has 2 atom stereocenters. The van der Waals surface area contributed by atoms with Gasteiger partial charge in [-0.3, -0.25) is 19.5 Å². The number of fused-ring (bicyclic) bond motifs is 1. The average Bonchev–Trinajstić information content (AvgIpc) is 3.61. The predicted octanol–water partition coefficient (Wildman–Crippen LogP) is 1.58. The molecule has 0 saturated carbocycles. The van der Waals surface area contributed by atoms with Crippen molar-refractivity contribution in [1.82, 2.24) is 25.1 Å². The van der Waals surface area contributed by atoms with Crippen molar-refractivity contribution >= 4 is 23.7 Å². The van der Waals surface area contributed by atoms with Crippen molar-refractivity contribution in [2.75, 3.05) is 13.7 Å². The zero-order valence-corrected chi connectivity index (χ0v) is 19.3. The van der Waals surface area contributed by atoms with Gasteiger partial charge in [-0.25, -0.2) is 14.8 Å². The maximum Gasteiger partial charge on any atom is 0.322 e. The number of nitrogens with zero attached hydrogens (tertiary/aromatic N) is 4. The van der Waals surface area contributed by atoms with Crippen molar-refractivity contribution in [3.63, 3.8) is 0 Å². The number of imide groups is 1. The number of amides is 4. The molecule has 4 heterocycles. The number of aliphatic imine (C=N–C) groups is 1. The molecule has 2 N–H and O–H groups in total. The van der Waals surface area contributed by atoms with E-state index >= 15 is 0 Å². The van der Waals surface area contributed by atoms with Gasteiger partial charge in [0, 0.05) is 30.9 Å². The number of methoxy groups -OCH3 is 1. The number of aromatic nitrogens is 2. The predicted molar refractivity (Wildman–Crippen MR) is 125 cm³/mol. The lowest BCUT2D eigenvalue weighted by Crippen LogP contribution is -2.62. The average molecular weight is 476 g/mol. The Kier molecular flexibility index (Phi) is 5.39. The van der Waals surface area contributed by atoms with Gasteiger partial charge in [-0.1, -0.05) is 12.6 Å². The van der Waals surface area contributed by atoms with Gasteiger partial charge in [-0.2, -0.15) is 0 Å². The van der Waals surface area contributed by atoms with Crippen molar-refractivity contribution in [3.05, 3.63) is 72.2 Å². The van der Waals surface area contributed by atoms with Crippen molar-refractivity contribution in [2.24, 2.45) is 4.99 Å². The minimum absolute atomic E-state index is 0.0643. The fourth-order valence-corrected chi connectivity index (χ4v) is 4.62. The Balaban J connectivity index is 1.42. The van der Waals surface area contributed by atoms with E-state index in [0.717, 1.165) is 5.56 Å². The summed E-state index contributed by atoms with van der Waals surface area (Å²) in [5.41, 5.74) is 0.444. The zero-order chi connectivity index (χ0) is 24.7. The second kappa shape index (κ2) is 8.42. The van der Waals surface area contributed by atoms with E-state index in [9.17, 15) is 14.4 Å². The van der Waals surface area contributed by atoms with Gasteiger partial charge in [0.05, 0.1) is 19.4 Å². The Morgan fingerprint density at radius 2 is 2.23 bits per heavy atom. The van der Waals surface area contributed by atoms with Crippen LogP contribution < -0.4 is 15.4 Å². The molecule has 1 aromatic heterocycles. The third kappa shape index (κ3) is 3.74. The quantitative estimate of drug-likeness (QED) is 0.370. The van der Waals surface area contributed by atoms with Crippen LogP contribution in [0.25, 0.3) is 0 Å². The summed E-state index contributed by atoms with van der Waals surface area (Å²) in [6.45, 7) is 5.79. The Morgan fingerprint density at radius 1 is 1.40 bits per heavy atom. The molecular formula is C24H24N6O5. The topological polar surface area (TPSA) is 127 Å². The summed E-state index contributed by atoms with van der Waals surface area (Å²) in [7, 11) is 1.53. The molecule has 0 radical (unpaired) electrons. The SMILES string of the molecule is C=CC(=NC1=C(C)OC(C2(CN3Cc4ccc(OC)cc4C3=O)NC(=O)NC2=O)C1)n1ccnc1. The van der Waals surface area contributed by atoms with E-state index in [-0.39, 0.29) is 18.9 Å². The molecule has 11 heteroatoms. The van der Waals surface area contributed by atoms with Crippen LogP contribution in [0.3, 0.4) is 0 Å². The molecule has 35 heavy (non-hydrogen) atoms. The molecule has 180 valence electrons. The Labute approximate surface area is 201 Å². The maximum absolute atomic E-state index is 13.2. The summed E-state index contributed by atoms with van der Waals surface area (Å²) in [6, 6.07) is 4.65. The lowest BCUT2D eigenvalue weighted by Gasteiger charge is -2.35. The standard InChI is InChI=1S/C24H24N6O5/c1-4-20(29-8-7-25-13-29)26-18-10-19(35-14(18)2)24(22(32)27-23(33)28-24)12-30-11-15-5-6-16(34-3)9-17(15)21(30)31/h4-9,13,19H,1,10-12H2,2-3H3,(H2,27,28,32,33). The van der Waals surface area contributed by atoms with Crippen molar-refractivity contribution in [3.8, 4) is 5.75 Å². The number of nitrogens with one attached hydrogen (secondary N) is 2. The number of benzene rings is 1. The number of hydrogen-bond acceptors (Lipinski definition) is 7. The molecule has 3 aliphatic heterocycles. The molecule has 11 nitrogen and oxygen atoms in total. The number of allylic oxidation sites excluding steroid dienone is 2. The Hall–Kier alpha value is -4.41. The van der Waals surface area contributed by atoms with Crippen LogP contribution in [-0.2, 0) is 16.1 Å². The number of urea groups is 1. The highest BCUT2D eigenvalue weighted by molar-refractivity contribution is 6.08. The Morgan fingerprint density at radius 3 is 2.89 bits per heavy atom. The first-order valence-corrected chi connectivity index (χ1v) is 11.0. The first-order valence-electron chi connectivity index (χ1n) is 11.0. The van der Waals surface area contributed by atoms with Crippen LogP contribution in [0.4, 0.5) is 4.79 Å². The van der Waals surface area contributed by atoms with Crippen LogP contribution in [0.1, 0.15) is 29.3 Å². The van der Waals surface area contributed by atoms with Gasteiger partial charge < -0.3 is 19.7 Å². The third-order valence-electron chi connectivity index (χ3n) is 6.46.